The highest BCUT2D eigenvalue weighted by Crippen LogP contribution is 2.49. The molecule has 120 valence electrons. The topological polar surface area (TPSA) is 99.5 Å². The number of carbonyl (C=O) groups excluding carboxylic acids is 1. The summed E-state index contributed by atoms with van der Waals surface area (Å²) in [6.07, 6.45) is -1.84. The molecule has 4 aliphatic rings. The molecule has 7 nitrogen and oxygen atoms in total. The Kier molecular flexibility index (Phi) is 2.47. The van der Waals surface area contributed by atoms with Gasteiger partial charge in [-0.05, 0) is 23.3 Å². The lowest BCUT2D eigenvalue weighted by atomic mass is 9.69. The van der Waals surface area contributed by atoms with Crippen LogP contribution >= 0.6 is 0 Å². The molecule has 1 aliphatic carbocycles. The third-order valence-corrected chi connectivity index (χ3v) is 5.32. The zero-order chi connectivity index (χ0) is 15.9. The van der Waals surface area contributed by atoms with E-state index in [1.165, 1.54) is 0 Å². The van der Waals surface area contributed by atoms with Crippen molar-refractivity contribution in [2.24, 2.45) is 0 Å². The Hall–Kier alpha value is -2.09. The summed E-state index contributed by atoms with van der Waals surface area (Å²) in [7, 11) is 0. The first kappa shape index (κ1) is 13.4. The summed E-state index contributed by atoms with van der Waals surface area (Å²) in [6, 6.07) is 2.92. The van der Waals surface area contributed by atoms with Gasteiger partial charge in [0.15, 0.2) is 11.5 Å². The van der Waals surface area contributed by atoms with Gasteiger partial charge in [0, 0.05) is 18.0 Å². The molecule has 1 saturated carbocycles. The van der Waals surface area contributed by atoms with Crippen molar-refractivity contribution in [2.45, 2.75) is 30.3 Å². The number of benzene rings is 1. The quantitative estimate of drug-likeness (QED) is 0.551. The van der Waals surface area contributed by atoms with Gasteiger partial charge < -0.3 is 29.7 Å². The van der Waals surface area contributed by atoms with Crippen molar-refractivity contribution in [1.82, 2.24) is 4.90 Å². The molecule has 5 atom stereocenters. The number of rotatable bonds is 0. The Morgan fingerprint density at radius 1 is 1.09 bits per heavy atom. The van der Waals surface area contributed by atoms with E-state index in [1.54, 1.807) is 23.1 Å². The molecule has 0 radical (unpaired) electrons. The van der Waals surface area contributed by atoms with Crippen molar-refractivity contribution in [3.8, 4) is 11.5 Å². The first-order chi connectivity index (χ1) is 11.1. The lowest BCUT2D eigenvalue weighted by Gasteiger charge is -2.47. The molecule has 1 aromatic rings. The van der Waals surface area contributed by atoms with Gasteiger partial charge in [0.25, 0.3) is 5.91 Å². The molecule has 1 amide bonds. The van der Waals surface area contributed by atoms with Crippen LogP contribution in [0.25, 0.3) is 0 Å². The Bertz CT molecular complexity index is 759. The van der Waals surface area contributed by atoms with Crippen LogP contribution < -0.4 is 9.47 Å². The maximum absolute atomic E-state index is 12.8. The number of amides is 1. The van der Waals surface area contributed by atoms with Gasteiger partial charge in [0.05, 0.1) is 12.1 Å². The standard InChI is InChI=1S/C16H15NO6/c18-13-6-1-2-17-12(6)11(14(19)15(13)20)7-3-9-10(23-5-22-9)4-8(7)16(17)21/h1,3-4,11-15,18-20H,2,5H2/t11-,12+,13+,14-,15-/m0/s1. The zero-order valence-electron chi connectivity index (χ0n) is 12.0. The van der Waals surface area contributed by atoms with Gasteiger partial charge in [-0.1, -0.05) is 6.08 Å². The van der Waals surface area contributed by atoms with Gasteiger partial charge in [-0.2, -0.15) is 0 Å². The number of fused-ring (bicyclic) bond motifs is 3. The molecule has 0 bridgehead atoms. The summed E-state index contributed by atoms with van der Waals surface area (Å²) in [5, 5.41) is 30.9. The van der Waals surface area contributed by atoms with Crippen LogP contribution in [0.4, 0.5) is 0 Å². The molecule has 0 spiro atoms. The molecule has 0 aromatic heterocycles. The van der Waals surface area contributed by atoms with Crippen LogP contribution in [0.3, 0.4) is 0 Å². The summed E-state index contributed by atoms with van der Waals surface area (Å²) in [5.41, 5.74) is 1.68. The molecular weight excluding hydrogens is 302 g/mol. The SMILES string of the molecule is O=C1c2cc3c(cc2[C@@H]2[C@H](O)[C@@H](O)[C@H](O)C4=CCN1[C@H]42)OCO3. The Balaban J connectivity index is 1.73. The second kappa shape index (κ2) is 4.25. The van der Waals surface area contributed by atoms with E-state index in [1.807, 2.05) is 0 Å². The number of hydrogen-bond acceptors (Lipinski definition) is 6. The number of aliphatic hydroxyl groups excluding tert-OH is 3. The van der Waals surface area contributed by atoms with Gasteiger partial charge in [-0.15, -0.1) is 0 Å². The molecule has 3 N–H and O–H groups in total. The minimum Gasteiger partial charge on any atom is -0.454 e. The first-order valence-electron chi connectivity index (χ1n) is 7.56. The van der Waals surface area contributed by atoms with E-state index in [9.17, 15) is 20.1 Å². The number of aliphatic hydroxyl groups is 3. The largest absolute Gasteiger partial charge is 0.454 e. The van der Waals surface area contributed by atoms with E-state index < -0.39 is 30.3 Å². The van der Waals surface area contributed by atoms with E-state index in [-0.39, 0.29) is 12.7 Å². The summed E-state index contributed by atoms with van der Waals surface area (Å²) < 4.78 is 10.7. The third kappa shape index (κ3) is 1.52. The van der Waals surface area contributed by atoms with E-state index >= 15 is 0 Å². The third-order valence-electron chi connectivity index (χ3n) is 5.32. The molecule has 0 unspecified atom stereocenters. The van der Waals surface area contributed by atoms with E-state index in [2.05, 4.69) is 0 Å². The maximum atomic E-state index is 12.8. The fraction of sp³-hybridized carbons (Fsp3) is 0.438. The summed E-state index contributed by atoms with van der Waals surface area (Å²) in [4.78, 5) is 14.4. The van der Waals surface area contributed by atoms with Crippen LogP contribution in [0.5, 0.6) is 11.5 Å². The Labute approximate surface area is 131 Å². The van der Waals surface area contributed by atoms with E-state index in [4.69, 9.17) is 9.47 Å². The summed E-state index contributed by atoms with van der Waals surface area (Å²) in [6.45, 7) is 0.457. The van der Waals surface area contributed by atoms with Crippen LogP contribution in [0.1, 0.15) is 21.8 Å². The fourth-order valence-electron chi connectivity index (χ4n) is 4.23. The normalized spacial score (nSPS) is 36.7. The molecule has 7 heteroatoms. The van der Waals surface area contributed by atoms with Crippen LogP contribution in [0, 0.1) is 0 Å². The lowest BCUT2D eigenvalue weighted by molar-refractivity contribution is -0.0861. The minimum atomic E-state index is -1.28. The summed E-state index contributed by atoms with van der Waals surface area (Å²) in [5.74, 6) is 0.376. The van der Waals surface area contributed by atoms with Crippen molar-refractivity contribution in [3.05, 3.63) is 34.9 Å². The van der Waals surface area contributed by atoms with Gasteiger partial charge in [0.2, 0.25) is 6.79 Å². The highest BCUT2D eigenvalue weighted by molar-refractivity contribution is 5.99. The second-order valence-electron chi connectivity index (χ2n) is 6.35. The summed E-state index contributed by atoms with van der Waals surface area (Å²) >= 11 is 0. The predicted molar refractivity (Wildman–Crippen MR) is 76.2 cm³/mol. The van der Waals surface area contributed by atoms with E-state index in [0.717, 1.165) is 0 Å². The predicted octanol–water partition coefficient (Wildman–Crippen LogP) is -0.640. The molecule has 1 aromatic carbocycles. The van der Waals surface area contributed by atoms with Crippen LogP contribution in [-0.2, 0) is 0 Å². The number of ether oxygens (including phenoxy) is 2. The number of hydrogen-bond donors (Lipinski definition) is 3. The van der Waals surface area contributed by atoms with Gasteiger partial charge in [0.1, 0.15) is 12.2 Å². The molecular formula is C16H15NO6. The maximum Gasteiger partial charge on any atom is 0.255 e. The zero-order valence-corrected chi connectivity index (χ0v) is 12.0. The fourth-order valence-corrected chi connectivity index (χ4v) is 4.23. The van der Waals surface area contributed by atoms with E-state index in [0.29, 0.717) is 34.7 Å². The average Bonchev–Trinajstić information content (AvgIpc) is 3.17. The highest BCUT2D eigenvalue weighted by Gasteiger charge is 2.55. The Morgan fingerprint density at radius 2 is 1.83 bits per heavy atom. The molecule has 23 heavy (non-hydrogen) atoms. The highest BCUT2D eigenvalue weighted by atomic mass is 16.7. The Morgan fingerprint density at radius 3 is 2.61 bits per heavy atom. The van der Waals surface area contributed by atoms with Crippen LogP contribution in [0.2, 0.25) is 0 Å². The molecule has 3 aliphatic heterocycles. The van der Waals surface area contributed by atoms with Gasteiger partial charge in [-0.25, -0.2) is 0 Å². The minimum absolute atomic E-state index is 0.0965. The molecule has 3 heterocycles. The monoisotopic (exact) mass is 317 g/mol. The molecule has 0 saturated heterocycles. The van der Waals surface area contributed by atoms with Gasteiger partial charge in [-0.3, -0.25) is 4.79 Å². The number of carbonyl (C=O) groups is 1. The van der Waals surface area contributed by atoms with Crippen molar-refractivity contribution in [1.29, 1.82) is 0 Å². The number of nitrogens with zero attached hydrogens (tertiary/aromatic N) is 1. The smallest absolute Gasteiger partial charge is 0.255 e. The van der Waals surface area contributed by atoms with Crippen LogP contribution in [0.15, 0.2) is 23.8 Å². The van der Waals surface area contributed by atoms with Crippen LogP contribution in [-0.4, -0.2) is 63.8 Å². The lowest BCUT2D eigenvalue weighted by Crippen LogP contribution is -2.59. The van der Waals surface area contributed by atoms with Gasteiger partial charge >= 0.3 is 0 Å². The molecule has 5 rings (SSSR count). The van der Waals surface area contributed by atoms with Crippen molar-refractivity contribution in [3.63, 3.8) is 0 Å². The van der Waals surface area contributed by atoms with Crippen molar-refractivity contribution >= 4 is 5.91 Å². The molecule has 1 fully saturated rings. The average molecular weight is 317 g/mol. The van der Waals surface area contributed by atoms with Crippen molar-refractivity contribution < 1.29 is 29.6 Å². The first-order valence-corrected chi connectivity index (χ1v) is 7.56. The van der Waals surface area contributed by atoms with Crippen molar-refractivity contribution in [2.75, 3.05) is 13.3 Å². The second-order valence-corrected chi connectivity index (χ2v) is 6.35.